The lowest BCUT2D eigenvalue weighted by Crippen LogP contribution is -2.53. The van der Waals surface area contributed by atoms with Crippen LogP contribution in [0.25, 0.3) is 0 Å². The molecule has 2 aliphatic rings. The summed E-state index contributed by atoms with van der Waals surface area (Å²) in [7, 11) is 0. The summed E-state index contributed by atoms with van der Waals surface area (Å²) in [6.07, 6.45) is -0.525. The molecule has 2 rings (SSSR count). The first-order chi connectivity index (χ1) is 7.08. The van der Waals surface area contributed by atoms with Gasteiger partial charge in [0.2, 0.25) is 5.91 Å². The van der Waals surface area contributed by atoms with Crippen LogP contribution in [0.3, 0.4) is 0 Å². The van der Waals surface area contributed by atoms with Crippen LogP contribution in [0.15, 0.2) is 0 Å². The van der Waals surface area contributed by atoms with Crippen molar-refractivity contribution in [3.8, 4) is 0 Å². The number of carbonyl (C=O) groups excluding carboxylic acids is 2. The van der Waals surface area contributed by atoms with Gasteiger partial charge >= 0.3 is 6.03 Å². The van der Waals surface area contributed by atoms with Crippen LogP contribution < -0.4 is 5.32 Å². The van der Waals surface area contributed by atoms with Crippen LogP contribution in [-0.4, -0.2) is 46.9 Å². The van der Waals surface area contributed by atoms with Crippen LogP contribution in [0.5, 0.6) is 0 Å². The normalized spacial score (nSPS) is 36.9. The molecule has 0 bridgehead atoms. The van der Waals surface area contributed by atoms with E-state index in [4.69, 9.17) is 4.74 Å². The second kappa shape index (κ2) is 3.79. The first-order valence-electron chi connectivity index (χ1n) is 5.02. The molecule has 2 aliphatic heterocycles. The number of aliphatic hydroxyl groups is 1. The van der Waals surface area contributed by atoms with Gasteiger partial charge < -0.3 is 9.84 Å². The van der Waals surface area contributed by atoms with Gasteiger partial charge in [0.15, 0.2) is 0 Å². The van der Waals surface area contributed by atoms with Gasteiger partial charge in [-0.2, -0.15) is 0 Å². The first kappa shape index (κ1) is 10.4. The van der Waals surface area contributed by atoms with E-state index in [-0.39, 0.29) is 18.4 Å². The molecule has 2 heterocycles. The number of ether oxygens (including phenoxy) is 1. The second-order valence-electron chi connectivity index (χ2n) is 3.90. The van der Waals surface area contributed by atoms with Gasteiger partial charge in [0, 0.05) is 19.4 Å². The van der Waals surface area contributed by atoms with E-state index in [0.717, 1.165) is 0 Å². The summed E-state index contributed by atoms with van der Waals surface area (Å²) in [5, 5.41) is 11.7. The van der Waals surface area contributed by atoms with Gasteiger partial charge in [-0.3, -0.25) is 15.0 Å². The Morgan fingerprint density at radius 1 is 1.53 bits per heavy atom. The fraction of sp³-hybridized carbons (Fsp3) is 0.778. The molecule has 84 valence electrons. The summed E-state index contributed by atoms with van der Waals surface area (Å²) in [5.41, 5.74) is 0. The average Bonchev–Trinajstić information content (AvgIpc) is 2.46. The predicted molar refractivity (Wildman–Crippen MR) is 49.8 cm³/mol. The Kier molecular flexibility index (Phi) is 2.62. The molecule has 0 aliphatic carbocycles. The molecule has 2 fully saturated rings. The van der Waals surface area contributed by atoms with E-state index < -0.39 is 18.4 Å². The molecule has 15 heavy (non-hydrogen) atoms. The van der Waals surface area contributed by atoms with Crippen LogP contribution in [0.2, 0.25) is 0 Å². The van der Waals surface area contributed by atoms with E-state index in [1.54, 1.807) is 6.92 Å². The Labute approximate surface area is 87.2 Å². The lowest BCUT2D eigenvalue weighted by atomic mass is 10.2. The van der Waals surface area contributed by atoms with Gasteiger partial charge in [0.1, 0.15) is 6.23 Å². The number of rotatable bonds is 1. The number of nitrogens with one attached hydrogen (secondary N) is 1. The summed E-state index contributed by atoms with van der Waals surface area (Å²) in [5.74, 6) is -0.261. The molecule has 2 N–H and O–H groups in total. The summed E-state index contributed by atoms with van der Waals surface area (Å²) < 4.78 is 5.42. The van der Waals surface area contributed by atoms with E-state index in [9.17, 15) is 14.7 Å². The van der Waals surface area contributed by atoms with Crippen molar-refractivity contribution in [3.63, 3.8) is 0 Å². The van der Waals surface area contributed by atoms with Crippen LogP contribution in [0.1, 0.15) is 19.8 Å². The van der Waals surface area contributed by atoms with Crippen molar-refractivity contribution >= 4 is 11.9 Å². The van der Waals surface area contributed by atoms with Crippen LogP contribution >= 0.6 is 0 Å². The molecule has 0 aromatic heterocycles. The van der Waals surface area contributed by atoms with E-state index in [1.807, 2.05) is 0 Å². The maximum Gasteiger partial charge on any atom is 0.326 e. The Morgan fingerprint density at radius 3 is 2.80 bits per heavy atom. The quantitative estimate of drug-likeness (QED) is 0.612. The molecular formula is C9H14N2O4. The zero-order chi connectivity index (χ0) is 11.0. The molecule has 3 amide bonds. The van der Waals surface area contributed by atoms with Crippen LogP contribution in [0, 0.1) is 0 Å². The van der Waals surface area contributed by atoms with E-state index in [0.29, 0.717) is 13.0 Å². The number of imide groups is 1. The minimum atomic E-state index is -0.541. The summed E-state index contributed by atoms with van der Waals surface area (Å²) in [6, 6.07) is -0.433. The SMILES string of the molecule is C[C@H]1O[C@@H](N2CCC(=O)NC2=O)CC1O. The molecular weight excluding hydrogens is 200 g/mol. The Balaban J connectivity index is 2.00. The predicted octanol–water partition coefficient (Wildman–Crippen LogP) is -0.576. The number of aliphatic hydroxyl groups excluding tert-OH is 1. The van der Waals surface area contributed by atoms with Gasteiger partial charge in [0.25, 0.3) is 0 Å². The molecule has 1 unspecified atom stereocenters. The van der Waals surface area contributed by atoms with Crippen molar-refractivity contribution in [1.29, 1.82) is 0 Å². The van der Waals surface area contributed by atoms with Gasteiger partial charge in [0.05, 0.1) is 12.2 Å². The highest BCUT2D eigenvalue weighted by Crippen LogP contribution is 2.24. The van der Waals surface area contributed by atoms with Crippen molar-refractivity contribution in [3.05, 3.63) is 0 Å². The second-order valence-corrected chi connectivity index (χ2v) is 3.90. The maximum absolute atomic E-state index is 11.4. The Morgan fingerprint density at radius 2 is 2.27 bits per heavy atom. The average molecular weight is 214 g/mol. The smallest absolute Gasteiger partial charge is 0.326 e. The Hall–Kier alpha value is -1.14. The zero-order valence-electron chi connectivity index (χ0n) is 8.47. The molecule has 2 saturated heterocycles. The highest BCUT2D eigenvalue weighted by atomic mass is 16.5. The molecule has 3 atom stereocenters. The topological polar surface area (TPSA) is 78.9 Å². The third-order valence-electron chi connectivity index (χ3n) is 2.79. The largest absolute Gasteiger partial charge is 0.390 e. The van der Waals surface area contributed by atoms with Crippen molar-refractivity contribution in [2.75, 3.05) is 6.54 Å². The Bertz CT molecular complexity index is 284. The van der Waals surface area contributed by atoms with Gasteiger partial charge in [-0.15, -0.1) is 0 Å². The van der Waals surface area contributed by atoms with Crippen molar-refractivity contribution < 1.29 is 19.4 Å². The van der Waals surface area contributed by atoms with Gasteiger partial charge in [-0.1, -0.05) is 0 Å². The molecule has 0 spiro atoms. The van der Waals surface area contributed by atoms with Crippen molar-refractivity contribution in [1.82, 2.24) is 10.2 Å². The number of urea groups is 1. The highest BCUT2D eigenvalue weighted by molar-refractivity contribution is 5.96. The summed E-state index contributed by atoms with van der Waals surface area (Å²) >= 11 is 0. The molecule has 6 nitrogen and oxygen atoms in total. The van der Waals surface area contributed by atoms with E-state index in [2.05, 4.69) is 5.32 Å². The highest BCUT2D eigenvalue weighted by Gasteiger charge is 2.38. The monoisotopic (exact) mass is 214 g/mol. The molecule has 6 heteroatoms. The standard InChI is InChI=1S/C9H14N2O4/c1-5-6(12)4-8(15-5)11-3-2-7(13)10-9(11)14/h5-6,8,12H,2-4H2,1H3,(H,10,13,14)/t5-,6?,8-/m1/s1. The summed E-state index contributed by atoms with van der Waals surface area (Å²) in [4.78, 5) is 23.8. The third-order valence-corrected chi connectivity index (χ3v) is 2.79. The molecule has 0 aromatic rings. The minimum Gasteiger partial charge on any atom is -0.390 e. The van der Waals surface area contributed by atoms with Gasteiger partial charge in [-0.05, 0) is 6.92 Å². The number of carbonyl (C=O) groups is 2. The number of nitrogens with zero attached hydrogens (tertiary/aromatic N) is 1. The summed E-state index contributed by atoms with van der Waals surface area (Å²) in [6.45, 7) is 2.12. The number of hydrogen-bond donors (Lipinski definition) is 2. The maximum atomic E-state index is 11.4. The number of hydrogen-bond acceptors (Lipinski definition) is 4. The third kappa shape index (κ3) is 1.95. The van der Waals surface area contributed by atoms with Crippen molar-refractivity contribution in [2.45, 2.75) is 38.2 Å². The van der Waals surface area contributed by atoms with Crippen LogP contribution in [-0.2, 0) is 9.53 Å². The van der Waals surface area contributed by atoms with E-state index >= 15 is 0 Å². The van der Waals surface area contributed by atoms with Crippen molar-refractivity contribution in [2.24, 2.45) is 0 Å². The fourth-order valence-electron chi connectivity index (χ4n) is 1.84. The first-order valence-corrected chi connectivity index (χ1v) is 5.02. The zero-order valence-corrected chi connectivity index (χ0v) is 8.47. The fourth-order valence-corrected chi connectivity index (χ4v) is 1.84. The van der Waals surface area contributed by atoms with Gasteiger partial charge in [-0.25, -0.2) is 4.79 Å². The number of amides is 3. The molecule has 0 radical (unpaired) electrons. The molecule has 0 saturated carbocycles. The lowest BCUT2D eigenvalue weighted by Gasteiger charge is -2.31. The van der Waals surface area contributed by atoms with E-state index in [1.165, 1.54) is 4.90 Å². The minimum absolute atomic E-state index is 0.261. The lowest BCUT2D eigenvalue weighted by molar-refractivity contribution is -0.123. The molecule has 0 aromatic carbocycles. The van der Waals surface area contributed by atoms with Crippen LogP contribution in [0.4, 0.5) is 4.79 Å².